The number of hydrogen-bond donors (Lipinski definition) is 1. The molecule has 0 bridgehead atoms. The van der Waals surface area contributed by atoms with E-state index in [4.69, 9.17) is 9.47 Å². The number of ether oxygens (including phenoxy) is 2. The second-order valence-corrected chi connectivity index (χ2v) is 5.36. The van der Waals surface area contributed by atoms with Gasteiger partial charge in [-0.05, 0) is 17.5 Å². The van der Waals surface area contributed by atoms with Gasteiger partial charge in [0.2, 0.25) is 0 Å². The van der Waals surface area contributed by atoms with E-state index in [0.29, 0.717) is 5.92 Å². The number of benzene rings is 1. The van der Waals surface area contributed by atoms with Gasteiger partial charge >= 0.3 is 0 Å². The lowest BCUT2D eigenvalue weighted by molar-refractivity contribution is -0.0480. The van der Waals surface area contributed by atoms with E-state index < -0.39 is 0 Å². The normalized spacial score (nSPS) is 17.9. The topological polar surface area (TPSA) is 18.5 Å². The molecule has 0 unspecified atom stereocenters. The summed E-state index contributed by atoms with van der Waals surface area (Å²) in [5.74, 6) is 2.27. The van der Waals surface area contributed by atoms with E-state index in [1.54, 1.807) is 7.11 Å². The minimum atomic E-state index is 0.0410. The van der Waals surface area contributed by atoms with Gasteiger partial charge < -0.3 is 9.47 Å². The summed E-state index contributed by atoms with van der Waals surface area (Å²) in [4.78, 5) is 0. The van der Waals surface area contributed by atoms with Crippen molar-refractivity contribution in [3.63, 3.8) is 0 Å². The van der Waals surface area contributed by atoms with Gasteiger partial charge in [-0.25, -0.2) is 0 Å². The Labute approximate surface area is 109 Å². The Morgan fingerprint density at radius 3 is 2.53 bits per heavy atom. The molecule has 3 heteroatoms. The van der Waals surface area contributed by atoms with E-state index >= 15 is 0 Å². The molecule has 1 aliphatic rings. The van der Waals surface area contributed by atoms with Gasteiger partial charge in [-0.3, -0.25) is 0 Å². The summed E-state index contributed by atoms with van der Waals surface area (Å²) in [6.07, 6.45) is 0. The van der Waals surface area contributed by atoms with Gasteiger partial charge in [-0.1, -0.05) is 26.0 Å². The number of rotatable bonds is 4. The molecule has 1 aliphatic heterocycles. The zero-order valence-corrected chi connectivity index (χ0v) is 11.6. The predicted molar refractivity (Wildman–Crippen MR) is 73.4 cm³/mol. The lowest BCUT2D eigenvalue weighted by Crippen LogP contribution is -2.48. The van der Waals surface area contributed by atoms with Gasteiger partial charge in [0.1, 0.15) is 5.75 Å². The molecule has 0 saturated carbocycles. The van der Waals surface area contributed by atoms with Crippen molar-refractivity contribution in [1.29, 1.82) is 0 Å². The van der Waals surface area contributed by atoms with Crippen LogP contribution in [0, 0.1) is 0 Å². The molecular formula is C14H20O2S. The maximum atomic E-state index is 5.47. The molecule has 1 saturated heterocycles. The fourth-order valence-electron chi connectivity index (χ4n) is 2.18. The SMILES string of the molecule is COc1ccc(C(C)C)cc1C1(CS)COC1. The summed E-state index contributed by atoms with van der Waals surface area (Å²) in [6.45, 7) is 5.90. The molecule has 0 aliphatic carbocycles. The first kappa shape index (κ1) is 12.8. The van der Waals surface area contributed by atoms with E-state index in [9.17, 15) is 0 Å². The highest BCUT2D eigenvalue weighted by molar-refractivity contribution is 7.80. The average molecular weight is 252 g/mol. The predicted octanol–water partition coefficient (Wildman–Crippen LogP) is 3.02. The zero-order chi connectivity index (χ0) is 12.5. The summed E-state index contributed by atoms with van der Waals surface area (Å²) >= 11 is 4.48. The van der Waals surface area contributed by atoms with E-state index in [2.05, 4.69) is 44.7 Å². The van der Waals surface area contributed by atoms with Crippen molar-refractivity contribution in [1.82, 2.24) is 0 Å². The lowest BCUT2D eigenvalue weighted by Gasteiger charge is -2.41. The van der Waals surface area contributed by atoms with Gasteiger partial charge in [0.15, 0.2) is 0 Å². The Hall–Kier alpha value is -0.670. The van der Waals surface area contributed by atoms with Crippen molar-refractivity contribution in [2.45, 2.75) is 25.2 Å². The Kier molecular flexibility index (Phi) is 3.69. The summed E-state index contributed by atoms with van der Waals surface area (Å²) in [7, 11) is 1.72. The van der Waals surface area contributed by atoms with Gasteiger partial charge in [0.05, 0.1) is 25.7 Å². The first-order valence-corrected chi connectivity index (χ1v) is 6.63. The third kappa shape index (κ3) is 2.18. The van der Waals surface area contributed by atoms with Crippen molar-refractivity contribution in [3.05, 3.63) is 29.3 Å². The second-order valence-electron chi connectivity index (χ2n) is 5.05. The van der Waals surface area contributed by atoms with Crippen LogP contribution in [0.2, 0.25) is 0 Å². The Morgan fingerprint density at radius 1 is 1.41 bits per heavy atom. The summed E-state index contributed by atoms with van der Waals surface area (Å²) < 4.78 is 10.9. The third-order valence-corrected chi connectivity index (χ3v) is 4.13. The van der Waals surface area contributed by atoms with Crippen LogP contribution < -0.4 is 4.74 Å². The smallest absolute Gasteiger partial charge is 0.122 e. The summed E-state index contributed by atoms with van der Waals surface area (Å²) in [5.41, 5.74) is 2.63. The molecular weight excluding hydrogens is 232 g/mol. The van der Waals surface area contributed by atoms with Crippen LogP contribution in [0.1, 0.15) is 30.9 Å². The van der Waals surface area contributed by atoms with Gasteiger partial charge in [-0.15, -0.1) is 0 Å². The summed E-state index contributed by atoms with van der Waals surface area (Å²) in [6, 6.07) is 6.45. The van der Waals surface area contributed by atoms with Crippen molar-refractivity contribution < 1.29 is 9.47 Å². The molecule has 2 nitrogen and oxygen atoms in total. The highest BCUT2D eigenvalue weighted by Gasteiger charge is 2.41. The molecule has 0 aromatic heterocycles. The summed E-state index contributed by atoms with van der Waals surface area (Å²) in [5, 5.41) is 0. The van der Waals surface area contributed by atoms with Crippen LogP contribution in [0.4, 0.5) is 0 Å². The zero-order valence-electron chi connectivity index (χ0n) is 10.7. The largest absolute Gasteiger partial charge is 0.496 e. The molecule has 94 valence electrons. The molecule has 0 spiro atoms. The Balaban J connectivity index is 2.45. The minimum absolute atomic E-state index is 0.0410. The van der Waals surface area contributed by atoms with E-state index in [-0.39, 0.29) is 5.41 Å². The molecule has 1 aromatic carbocycles. The molecule has 2 rings (SSSR count). The molecule has 17 heavy (non-hydrogen) atoms. The first-order valence-electron chi connectivity index (χ1n) is 6.00. The van der Waals surface area contributed by atoms with E-state index in [1.807, 2.05) is 0 Å². The first-order chi connectivity index (χ1) is 8.13. The maximum absolute atomic E-state index is 5.47. The van der Waals surface area contributed by atoms with Crippen LogP contribution in [0.5, 0.6) is 5.75 Å². The lowest BCUT2D eigenvalue weighted by atomic mass is 9.78. The molecule has 1 heterocycles. The van der Waals surface area contributed by atoms with Crippen molar-refractivity contribution in [2.75, 3.05) is 26.1 Å². The molecule has 0 atom stereocenters. The molecule has 0 amide bonds. The van der Waals surface area contributed by atoms with Gasteiger partial charge in [-0.2, -0.15) is 12.6 Å². The minimum Gasteiger partial charge on any atom is -0.496 e. The second kappa shape index (κ2) is 4.91. The van der Waals surface area contributed by atoms with E-state index in [0.717, 1.165) is 24.7 Å². The average Bonchev–Trinajstić information content (AvgIpc) is 2.28. The van der Waals surface area contributed by atoms with Gasteiger partial charge in [0.25, 0.3) is 0 Å². The van der Waals surface area contributed by atoms with Crippen LogP contribution in [-0.2, 0) is 10.2 Å². The fourth-order valence-corrected chi connectivity index (χ4v) is 2.53. The monoisotopic (exact) mass is 252 g/mol. The molecule has 1 aromatic rings. The van der Waals surface area contributed by atoms with Crippen LogP contribution in [0.15, 0.2) is 18.2 Å². The molecule has 0 radical (unpaired) electrons. The van der Waals surface area contributed by atoms with Crippen molar-refractivity contribution in [2.24, 2.45) is 0 Å². The van der Waals surface area contributed by atoms with Crippen molar-refractivity contribution >= 4 is 12.6 Å². The van der Waals surface area contributed by atoms with Crippen LogP contribution in [-0.4, -0.2) is 26.1 Å². The van der Waals surface area contributed by atoms with Crippen molar-refractivity contribution in [3.8, 4) is 5.75 Å². The van der Waals surface area contributed by atoms with Gasteiger partial charge in [0, 0.05) is 11.3 Å². The third-order valence-electron chi connectivity index (χ3n) is 3.52. The molecule has 1 fully saturated rings. The number of methoxy groups -OCH3 is 1. The fraction of sp³-hybridized carbons (Fsp3) is 0.571. The van der Waals surface area contributed by atoms with Crippen LogP contribution >= 0.6 is 12.6 Å². The highest BCUT2D eigenvalue weighted by atomic mass is 32.1. The Morgan fingerprint density at radius 2 is 2.12 bits per heavy atom. The highest BCUT2D eigenvalue weighted by Crippen LogP contribution is 2.40. The standard InChI is InChI=1S/C14H20O2S/c1-10(2)11-4-5-13(15-3)12(6-11)14(9-17)7-16-8-14/h4-6,10,17H,7-9H2,1-3H3. The number of hydrogen-bond acceptors (Lipinski definition) is 3. The number of thiol groups is 1. The van der Waals surface area contributed by atoms with E-state index in [1.165, 1.54) is 11.1 Å². The van der Waals surface area contributed by atoms with Crippen LogP contribution in [0.25, 0.3) is 0 Å². The van der Waals surface area contributed by atoms with Crippen LogP contribution in [0.3, 0.4) is 0 Å². The maximum Gasteiger partial charge on any atom is 0.122 e. The quantitative estimate of drug-likeness (QED) is 0.830. The molecule has 0 N–H and O–H groups in total. The Bertz CT molecular complexity index is 392.